The highest BCUT2D eigenvalue weighted by Gasteiger charge is 2.35. The second-order valence-electron chi connectivity index (χ2n) is 7.59. The van der Waals surface area contributed by atoms with Crippen molar-refractivity contribution in [2.24, 2.45) is 5.92 Å². The van der Waals surface area contributed by atoms with Crippen molar-refractivity contribution in [3.63, 3.8) is 0 Å². The van der Waals surface area contributed by atoms with E-state index in [9.17, 15) is 4.79 Å². The third-order valence-electron chi connectivity index (χ3n) is 5.74. The molecule has 4 rings (SSSR count). The molecule has 0 aromatic heterocycles. The van der Waals surface area contributed by atoms with Crippen LogP contribution in [0.15, 0.2) is 48.5 Å². The fourth-order valence-corrected chi connectivity index (χ4v) is 4.54. The maximum atomic E-state index is 13.4. The predicted molar refractivity (Wildman–Crippen MR) is 105 cm³/mol. The molecule has 2 heterocycles. The lowest BCUT2D eigenvalue weighted by atomic mass is 9.86. The normalized spacial score (nSPS) is 25.6. The molecule has 0 saturated carbocycles. The van der Waals surface area contributed by atoms with Gasteiger partial charge in [-0.05, 0) is 61.6 Å². The van der Waals surface area contributed by atoms with E-state index in [1.165, 1.54) is 16.7 Å². The molecule has 3 nitrogen and oxygen atoms in total. The van der Waals surface area contributed by atoms with Crippen molar-refractivity contribution in [2.45, 2.75) is 44.8 Å². The van der Waals surface area contributed by atoms with E-state index in [0.717, 1.165) is 30.8 Å². The number of piperidine rings is 1. The topological polar surface area (TPSA) is 32.3 Å². The predicted octanol–water partition coefficient (Wildman–Crippen LogP) is 4.35. The minimum atomic E-state index is 0.0996. The highest BCUT2D eigenvalue weighted by Crippen LogP contribution is 2.36. The van der Waals surface area contributed by atoms with Gasteiger partial charge in [0.15, 0.2) is 0 Å². The number of amides is 1. The molecule has 0 spiro atoms. The molecular formula is C22H25ClN2O. The highest BCUT2D eigenvalue weighted by atomic mass is 35.5. The Morgan fingerprint density at radius 3 is 2.73 bits per heavy atom. The van der Waals surface area contributed by atoms with Gasteiger partial charge < -0.3 is 10.2 Å². The number of rotatable bonds is 2. The van der Waals surface area contributed by atoms with Crippen LogP contribution in [0, 0.1) is 5.92 Å². The number of carbonyl (C=O) groups excluding carboxylic acids is 1. The summed E-state index contributed by atoms with van der Waals surface area (Å²) in [5, 5.41) is 4.19. The summed E-state index contributed by atoms with van der Waals surface area (Å²) in [5.74, 6) is 0.399. The average Bonchev–Trinajstić information content (AvgIpc) is 2.67. The summed E-state index contributed by atoms with van der Waals surface area (Å²) in [4.78, 5) is 15.5. The van der Waals surface area contributed by atoms with Gasteiger partial charge in [0.1, 0.15) is 0 Å². The van der Waals surface area contributed by atoms with Crippen molar-refractivity contribution in [1.29, 1.82) is 0 Å². The molecule has 2 aliphatic heterocycles. The minimum absolute atomic E-state index is 0.0996. The van der Waals surface area contributed by atoms with Crippen molar-refractivity contribution in [3.8, 4) is 0 Å². The minimum Gasteiger partial charge on any atom is -0.331 e. The molecule has 4 heteroatoms. The van der Waals surface area contributed by atoms with Crippen LogP contribution in [0.2, 0.25) is 5.02 Å². The van der Waals surface area contributed by atoms with Gasteiger partial charge in [0.25, 0.3) is 0 Å². The summed E-state index contributed by atoms with van der Waals surface area (Å²) in [6.45, 7) is 3.73. The molecule has 1 unspecified atom stereocenters. The van der Waals surface area contributed by atoms with Gasteiger partial charge in [0.2, 0.25) is 5.91 Å². The maximum absolute atomic E-state index is 13.4. The van der Waals surface area contributed by atoms with Crippen LogP contribution in [-0.2, 0) is 17.8 Å². The van der Waals surface area contributed by atoms with E-state index in [-0.39, 0.29) is 17.9 Å². The largest absolute Gasteiger partial charge is 0.331 e. The maximum Gasteiger partial charge on any atom is 0.226 e. The molecule has 2 aliphatic rings. The van der Waals surface area contributed by atoms with Crippen LogP contribution in [0.3, 0.4) is 0 Å². The van der Waals surface area contributed by atoms with Crippen molar-refractivity contribution >= 4 is 17.5 Å². The quantitative estimate of drug-likeness (QED) is 0.854. The first-order chi connectivity index (χ1) is 12.6. The number of carbonyl (C=O) groups is 1. The molecule has 2 aromatic rings. The smallest absolute Gasteiger partial charge is 0.226 e. The number of hydrogen-bond acceptors (Lipinski definition) is 2. The molecule has 0 radical (unpaired) electrons. The lowest BCUT2D eigenvalue weighted by molar-refractivity contribution is -0.140. The number of benzene rings is 2. The Hall–Kier alpha value is -1.84. The van der Waals surface area contributed by atoms with Gasteiger partial charge in [-0.15, -0.1) is 0 Å². The molecular weight excluding hydrogens is 344 g/mol. The Balaban J connectivity index is 1.67. The summed E-state index contributed by atoms with van der Waals surface area (Å²) in [6, 6.07) is 17.0. The van der Waals surface area contributed by atoms with E-state index in [0.29, 0.717) is 12.6 Å². The van der Waals surface area contributed by atoms with Crippen LogP contribution in [0.25, 0.3) is 0 Å². The van der Waals surface area contributed by atoms with E-state index in [4.69, 9.17) is 11.6 Å². The molecule has 0 aliphatic carbocycles. The van der Waals surface area contributed by atoms with Crippen LogP contribution < -0.4 is 5.32 Å². The fraction of sp³-hybridized carbons (Fsp3) is 0.409. The summed E-state index contributed by atoms with van der Waals surface area (Å²) in [7, 11) is 0. The average molecular weight is 369 g/mol. The monoisotopic (exact) mass is 368 g/mol. The van der Waals surface area contributed by atoms with Gasteiger partial charge in [0.05, 0.1) is 6.04 Å². The number of fused-ring (bicyclic) bond motifs is 1. The fourth-order valence-electron chi connectivity index (χ4n) is 4.35. The van der Waals surface area contributed by atoms with Gasteiger partial charge in [-0.3, -0.25) is 4.79 Å². The molecule has 1 saturated heterocycles. The van der Waals surface area contributed by atoms with Gasteiger partial charge >= 0.3 is 0 Å². The van der Waals surface area contributed by atoms with Crippen LogP contribution in [0.4, 0.5) is 0 Å². The van der Waals surface area contributed by atoms with Gasteiger partial charge in [-0.25, -0.2) is 0 Å². The van der Waals surface area contributed by atoms with Crippen molar-refractivity contribution < 1.29 is 4.79 Å². The molecule has 3 atom stereocenters. The summed E-state index contributed by atoms with van der Waals surface area (Å²) >= 11 is 6.21. The molecule has 2 aromatic carbocycles. The van der Waals surface area contributed by atoms with E-state index < -0.39 is 0 Å². The lowest BCUT2D eigenvalue weighted by Gasteiger charge is -2.40. The molecule has 26 heavy (non-hydrogen) atoms. The third-order valence-corrected chi connectivity index (χ3v) is 5.97. The number of nitrogens with one attached hydrogen (secondary N) is 1. The van der Waals surface area contributed by atoms with Crippen molar-refractivity contribution in [1.82, 2.24) is 10.2 Å². The zero-order chi connectivity index (χ0) is 18.1. The number of nitrogens with zero attached hydrogens (tertiary/aromatic N) is 1. The standard InChI is InChI=1S/C22H25ClN2O/c1-15-11-18(9-10-24-15)22(26)25-14-19-12-20(23)8-7-17(19)13-21(25)16-5-3-2-4-6-16/h2-8,12,15,18,21,24H,9-11,13-14H2,1H3/t15-,18-,21?/m0/s1. The summed E-state index contributed by atoms with van der Waals surface area (Å²) < 4.78 is 0. The second kappa shape index (κ2) is 7.42. The lowest BCUT2D eigenvalue weighted by Crippen LogP contribution is -2.46. The third kappa shape index (κ3) is 3.51. The van der Waals surface area contributed by atoms with Gasteiger partial charge in [0, 0.05) is 23.5 Å². The first-order valence-electron chi connectivity index (χ1n) is 9.48. The summed E-state index contributed by atoms with van der Waals surface area (Å²) in [5.41, 5.74) is 3.69. The van der Waals surface area contributed by atoms with Gasteiger partial charge in [-0.1, -0.05) is 48.0 Å². The number of halogens is 1. The van der Waals surface area contributed by atoms with E-state index >= 15 is 0 Å². The Morgan fingerprint density at radius 2 is 1.96 bits per heavy atom. The number of hydrogen-bond donors (Lipinski definition) is 1. The highest BCUT2D eigenvalue weighted by molar-refractivity contribution is 6.30. The van der Waals surface area contributed by atoms with Crippen molar-refractivity contribution in [3.05, 3.63) is 70.2 Å². The molecule has 1 N–H and O–H groups in total. The second-order valence-corrected chi connectivity index (χ2v) is 8.02. The Kier molecular flexibility index (Phi) is 5.01. The van der Waals surface area contributed by atoms with Gasteiger partial charge in [-0.2, -0.15) is 0 Å². The van der Waals surface area contributed by atoms with E-state index in [2.05, 4.69) is 47.5 Å². The van der Waals surface area contributed by atoms with Crippen LogP contribution in [-0.4, -0.2) is 23.4 Å². The molecule has 1 fully saturated rings. The Bertz CT molecular complexity index is 792. The van der Waals surface area contributed by atoms with Crippen LogP contribution in [0.1, 0.15) is 42.5 Å². The Morgan fingerprint density at radius 1 is 1.15 bits per heavy atom. The SMILES string of the molecule is C[C@H]1C[C@@H](C(=O)N2Cc3cc(Cl)ccc3CC2c2ccccc2)CCN1. The summed E-state index contributed by atoms with van der Waals surface area (Å²) in [6.07, 6.45) is 2.69. The Labute approximate surface area is 160 Å². The van der Waals surface area contributed by atoms with Crippen LogP contribution >= 0.6 is 11.6 Å². The zero-order valence-corrected chi connectivity index (χ0v) is 15.9. The van der Waals surface area contributed by atoms with E-state index in [1.54, 1.807) is 0 Å². The molecule has 1 amide bonds. The first-order valence-corrected chi connectivity index (χ1v) is 9.85. The molecule has 0 bridgehead atoms. The van der Waals surface area contributed by atoms with E-state index in [1.807, 2.05) is 18.2 Å². The molecule has 136 valence electrons. The zero-order valence-electron chi connectivity index (χ0n) is 15.1. The van der Waals surface area contributed by atoms with Crippen molar-refractivity contribution in [2.75, 3.05) is 6.54 Å². The van der Waals surface area contributed by atoms with Crippen LogP contribution in [0.5, 0.6) is 0 Å². The first kappa shape index (κ1) is 17.6.